The summed E-state index contributed by atoms with van der Waals surface area (Å²) in [6.45, 7) is 1.83. The molecule has 0 spiro atoms. The average Bonchev–Trinajstić information content (AvgIpc) is 3.35. The van der Waals surface area contributed by atoms with Gasteiger partial charge in [0.15, 0.2) is 17.4 Å². The van der Waals surface area contributed by atoms with Crippen LogP contribution in [0.5, 0.6) is 5.75 Å². The maximum Gasteiger partial charge on any atom is 0.251 e. The van der Waals surface area contributed by atoms with Crippen molar-refractivity contribution in [2.75, 3.05) is 31.3 Å². The number of nitrogens with one attached hydrogen (secondary N) is 2. The van der Waals surface area contributed by atoms with E-state index in [9.17, 15) is 13.6 Å². The normalized spacial score (nSPS) is 11.2. The fourth-order valence-electron chi connectivity index (χ4n) is 4.01. The van der Waals surface area contributed by atoms with Crippen molar-refractivity contribution in [1.82, 2.24) is 29.6 Å². The summed E-state index contributed by atoms with van der Waals surface area (Å²) in [6, 6.07) is 10.8. The molecule has 0 saturated carbocycles. The number of ketones is 1. The number of benzene rings is 1. The standard InChI is InChI=1S/C27H30F2N8O2/c1-5-22(38)19-13-31-25(34-24-10-9-17(12-30-24)14-36(2)15-23(28)29)11-21(19)33-20-8-6-7-18(26(20)39-4)27-32-16-37(3)35-27/h6-13,16,23H,5,14-15H2,1-4H3,(H2,30,31,33,34). The number of anilines is 4. The number of hydrogen-bond acceptors (Lipinski definition) is 9. The second kappa shape index (κ2) is 12.4. The first-order valence-corrected chi connectivity index (χ1v) is 12.3. The fourth-order valence-corrected chi connectivity index (χ4v) is 4.01. The summed E-state index contributed by atoms with van der Waals surface area (Å²) in [5.74, 6) is 1.94. The molecule has 0 aliphatic heterocycles. The van der Waals surface area contributed by atoms with Crippen LogP contribution < -0.4 is 15.4 Å². The maximum atomic E-state index is 12.7. The molecule has 10 nitrogen and oxygen atoms in total. The van der Waals surface area contributed by atoms with Crippen molar-refractivity contribution in [3.05, 3.63) is 66.2 Å². The third-order valence-corrected chi connectivity index (χ3v) is 5.84. The molecular formula is C27H30F2N8O2. The monoisotopic (exact) mass is 536 g/mol. The highest BCUT2D eigenvalue weighted by Gasteiger charge is 2.18. The van der Waals surface area contributed by atoms with E-state index >= 15 is 0 Å². The van der Waals surface area contributed by atoms with Crippen LogP contribution in [0.25, 0.3) is 11.4 Å². The lowest BCUT2D eigenvalue weighted by molar-refractivity contribution is 0.0972. The topological polar surface area (TPSA) is 110 Å². The second-order valence-electron chi connectivity index (χ2n) is 8.91. The molecule has 4 rings (SSSR count). The first kappa shape index (κ1) is 27.6. The van der Waals surface area contributed by atoms with Gasteiger partial charge in [0.05, 0.1) is 36.2 Å². The number of pyridine rings is 2. The Kier molecular flexibility index (Phi) is 8.77. The van der Waals surface area contributed by atoms with Crippen molar-refractivity contribution < 1.29 is 18.3 Å². The molecule has 0 aliphatic carbocycles. The van der Waals surface area contributed by atoms with E-state index in [1.807, 2.05) is 24.3 Å². The third-order valence-electron chi connectivity index (χ3n) is 5.84. The minimum atomic E-state index is -2.39. The summed E-state index contributed by atoms with van der Waals surface area (Å²) < 4.78 is 32.5. The molecule has 39 heavy (non-hydrogen) atoms. The molecule has 0 amide bonds. The molecule has 0 bridgehead atoms. The van der Waals surface area contributed by atoms with Gasteiger partial charge in [-0.25, -0.2) is 23.7 Å². The second-order valence-corrected chi connectivity index (χ2v) is 8.91. The number of aryl methyl sites for hydroxylation is 1. The SMILES string of the molecule is CCC(=O)c1cnc(Nc2ccc(CN(C)CC(F)F)cn2)cc1Nc1cccc(-c2ncn(C)n2)c1OC. The number of methoxy groups -OCH3 is 1. The van der Waals surface area contributed by atoms with E-state index in [0.717, 1.165) is 5.56 Å². The van der Waals surface area contributed by atoms with E-state index in [4.69, 9.17) is 4.74 Å². The summed E-state index contributed by atoms with van der Waals surface area (Å²) >= 11 is 0. The molecule has 2 N–H and O–H groups in total. The first-order valence-electron chi connectivity index (χ1n) is 12.3. The molecule has 3 aromatic heterocycles. The van der Waals surface area contributed by atoms with Crippen molar-refractivity contribution >= 4 is 28.8 Å². The predicted molar refractivity (Wildman–Crippen MR) is 145 cm³/mol. The van der Waals surface area contributed by atoms with Crippen LogP contribution in [-0.4, -0.2) is 62.5 Å². The minimum Gasteiger partial charge on any atom is -0.494 e. The maximum absolute atomic E-state index is 12.7. The smallest absolute Gasteiger partial charge is 0.251 e. The molecule has 3 heterocycles. The van der Waals surface area contributed by atoms with Gasteiger partial charge < -0.3 is 15.4 Å². The van der Waals surface area contributed by atoms with Gasteiger partial charge in [-0.15, -0.1) is 0 Å². The van der Waals surface area contributed by atoms with Crippen LogP contribution in [0.1, 0.15) is 29.3 Å². The lowest BCUT2D eigenvalue weighted by Gasteiger charge is -2.17. The minimum absolute atomic E-state index is 0.0755. The van der Waals surface area contributed by atoms with Crippen LogP contribution >= 0.6 is 0 Å². The van der Waals surface area contributed by atoms with Gasteiger partial charge in [0, 0.05) is 38.5 Å². The molecule has 0 atom stereocenters. The van der Waals surface area contributed by atoms with Crippen molar-refractivity contribution in [3.8, 4) is 17.1 Å². The lowest BCUT2D eigenvalue weighted by Crippen LogP contribution is -2.24. The Morgan fingerprint density at radius 2 is 1.87 bits per heavy atom. The predicted octanol–water partition coefficient (Wildman–Crippen LogP) is 5.06. The van der Waals surface area contributed by atoms with Gasteiger partial charge in [-0.1, -0.05) is 19.1 Å². The first-order chi connectivity index (χ1) is 18.8. The van der Waals surface area contributed by atoms with E-state index in [1.54, 1.807) is 57.5 Å². The average molecular weight is 537 g/mol. The lowest BCUT2D eigenvalue weighted by atomic mass is 10.1. The Hall–Kier alpha value is -4.45. The number of carbonyl (C=O) groups is 1. The van der Waals surface area contributed by atoms with E-state index < -0.39 is 6.43 Å². The molecule has 0 saturated heterocycles. The van der Waals surface area contributed by atoms with Crippen molar-refractivity contribution in [2.24, 2.45) is 7.05 Å². The summed E-state index contributed by atoms with van der Waals surface area (Å²) in [5.41, 5.74) is 3.09. The Labute approximate surface area is 225 Å². The van der Waals surface area contributed by atoms with Crippen LogP contribution in [-0.2, 0) is 13.6 Å². The van der Waals surface area contributed by atoms with Gasteiger partial charge >= 0.3 is 0 Å². The Morgan fingerprint density at radius 3 is 2.51 bits per heavy atom. The molecule has 0 unspecified atom stereocenters. The van der Waals surface area contributed by atoms with Crippen LogP contribution in [0.4, 0.5) is 31.8 Å². The van der Waals surface area contributed by atoms with Crippen LogP contribution in [0.3, 0.4) is 0 Å². The zero-order chi connectivity index (χ0) is 27.9. The number of ether oxygens (including phenoxy) is 1. The molecule has 0 fully saturated rings. The molecule has 0 radical (unpaired) electrons. The molecule has 1 aromatic carbocycles. The number of halogens is 2. The largest absolute Gasteiger partial charge is 0.494 e. The summed E-state index contributed by atoms with van der Waals surface area (Å²) in [6.07, 6.45) is 2.66. The number of hydrogen-bond donors (Lipinski definition) is 2. The zero-order valence-corrected chi connectivity index (χ0v) is 22.2. The van der Waals surface area contributed by atoms with Crippen molar-refractivity contribution in [1.29, 1.82) is 0 Å². The number of nitrogens with zero attached hydrogens (tertiary/aromatic N) is 6. The van der Waals surface area contributed by atoms with E-state index in [-0.39, 0.29) is 12.3 Å². The summed E-state index contributed by atoms with van der Waals surface area (Å²) in [7, 11) is 4.98. The Balaban J connectivity index is 1.60. The highest BCUT2D eigenvalue weighted by atomic mass is 19.3. The molecule has 12 heteroatoms. The summed E-state index contributed by atoms with van der Waals surface area (Å²) in [4.78, 5) is 27.4. The van der Waals surface area contributed by atoms with Gasteiger partial charge in [0.1, 0.15) is 18.0 Å². The number of para-hydroxylation sites is 1. The highest BCUT2D eigenvalue weighted by molar-refractivity contribution is 6.02. The van der Waals surface area contributed by atoms with Crippen molar-refractivity contribution in [2.45, 2.75) is 26.3 Å². The molecule has 204 valence electrons. The Morgan fingerprint density at radius 1 is 1.08 bits per heavy atom. The quantitative estimate of drug-likeness (QED) is 0.240. The number of aromatic nitrogens is 5. The molecule has 4 aromatic rings. The number of alkyl halides is 2. The van der Waals surface area contributed by atoms with Crippen molar-refractivity contribution in [3.63, 3.8) is 0 Å². The fraction of sp³-hybridized carbons (Fsp3) is 0.296. The van der Waals surface area contributed by atoms with Gasteiger partial charge in [-0.05, 0) is 30.8 Å². The van der Waals surface area contributed by atoms with E-state index in [0.29, 0.717) is 58.7 Å². The van der Waals surface area contributed by atoms with Crippen LogP contribution in [0.2, 0.25) is 0 Å². The Bertz CT molecular complexity index is 1430. The van der Waals surface area contributed by atoms with E-state index in [1.165, 1.54) is 11.1 Å². The van der Waals surface area contributed by atoms with Gasteiger partial charge in [-0.3, -0.25) is 14.4 Å². The number of carbonyl (C=O) groups excluding carboxylic acids is 1. The van der Waals surface area contributed by atoms with Gasteiger partial charge in [-0.2, -0.15) is 5.10 Å². The van der Waals surface area contributed by atoms with Crippen LogP contribution in [0, 0.1) is 0 Å². The van der Waals surface area contributed by atoms with E-state index in [2.05, 4.69) is 30.7 Å². The molecule has 0 aliphatic rings. The number of Topliss-reactive ketones (excluding diaryl/α,β-unsaturated/α-hetero) is 1. The third kappa shape index (κ3) is 6.90. The number of rotatable bonds is 12. The van der Waals surface area contributed by atoms with Crippen LogP contribution in [0.15, 0.2) is 55.1 Å². The zero-order valence-electron chi connectivity index (χ0n) is 22.2. The van der Waals surface area contributed by atoms with Gasteiger partial charge in [0.25, 0.3) is 6.43 Å². The summed E-state index contributed by atoms with van der Waals surface area (Å²) in [5, 5.41) is 10.8. The molecular weight excluding hydrogens is 506 g/mol. The highest BCUT2D eigenvalue weighted by Crippen LogP contribution is 2.37. The van der Waals surface area contributed by atoms with Gasteiger partial charge in [0.2, 0.25) is 0 Å².